The zero-order valence-electron chi connectivity index (χ0n) is 10.9. The van der Waals surface area contributed by atoms with E-state index >= 15 is 0 Å². The van der Waals surface area contributed by atoms with Crippen LogP contribution in [-0.4, -0.2) is 0 Å². The standard InChI is InChI=1S/C16H14N2O2/c1-3-19-15-9-5-13(6-10-15)17-18-14-7-11-16(12-8-14)20-4-2/h3-12H,1-2H2. The summed E-state index contributed by atoms with van der Waals surface area (Å²) in [6, 6.07) is 14.5. The predicted octanol–water partition coefficient (Wildman–Crippen LogP) is 5.15. The van der Waals surface area contributed by atoms with E-state index in [0.717, 1.165) is 11.4 Å². The molecule has 4 nitrogen and oxygen atoms in total. The van der Waals surface area contributed by atoms with Gasteiger partial charge in [-0.25, -0.2) is 0 Å². The third-order valence-electron chi connectivity index (χ3n) is 2.39. The van der Waals surface area contributed by atoms with Crippen LogP contribution in [0, 0.1) is 0 Å². The van der Waals surface area contributed by atoms with Crippen molar-refractivity contribution in [2.45, 2.75) is 0 Å². The second-order valence-corrected chi connectivity index (χ2v) is 3.76. The van der Waals surface area contributed by atoms with Crippen molar-refractivity contribution in [3.63, 3.8) is 0 Å². The molecular formula is C16H14N2O2. The van der Waals surface area contributed by atoms with Crippen LogP contribution in [0.3, 0.4) is 0 Å². The number of hydrogen-bond acceptors (Lipinski definition) is 4. The first-order valence-electron chi connectivity index (χ1n) is 5.99. The SMILES string of the molecule is C=COc1ccc(N=Nc2ccc(OC=C)cc2)cc1. The zero-order chi connectivity index (χ0) is 14.2. The lowest BCUT2D eigenvalue weighted by molar-refractivity contribution is 0.483. The Morgan fingerprint density at radius 3 is 1.30 bits per heavy atom. The maximum absolute atomic E-state index is 5.13. The van der Waals surface area contributed by atoms with Crippen LogP contribution >= 0.6 is 0 Å². The van der Waals surface area contributed by atoms with E-state index in [1.165, 1.54) is 12.5 Å². The van der Waals surface area contributed by atoms with E-state index in [9.17, 15) is 0 Å². The summed E-state index contributed by atoms with van der Waals surface area (Å²) >= 11 is 0. The van der Waals surface area contributed by atoms with Gasteiger partial charge in [0, 0.05) is 0 Å². The average Bonchev–Trinajstić information content (AvgIpc) is 2.49. The number of ether oxygens (including phenoxy) is 2. The molecule has 0 radical (unpaired) electrons. The van der Waals surface area contributed by atoms with E-state index in [0.29, 0.717) is 11.5 Å². The lowest BCUT2D eigenvalue weighted by Crippen LogP contribution is -1.78. The van der Waals surface area contributed by atoms with Gasteiger partial charge in [-0.05, 0) is 48.5 Å². The molecular weight excluding hydrogens is 252 g/mol. The van der Waals surface area contributed by atoms with Gasteiger partial charge in [0.05, 0.1) is 23.9 Å². The molecule has 2 aromatic carbocycles. The smallest absolute Gasteiger partial charge is 0.126 e. The number of azo groups is 1. The molecule has 2 aromatic rings. The molecule has 0 saturated carbocycles. The Morgan fingerprint density at radius 1 is 0.650 bits per heavy atom. The number of benzene rings is 2. The van der Waals surface area contributed by atoms with Gasteiger partial charge in [-0.3, -0.25) is 0 Å². The van der Waals surface area contributed by atoms with Gasteiger partial charge in [-0.1, -0.05) is 13.2 Å². The summed E-state index contributed by atoms with van der Waals surface area (Å²) in [5.41, 5.74) is 1.49. The first-order chi connectivity index (χ1) is 9.81. The molecule has 0 N–H and O–H groups in total. The number of rotatable bonds is 6. The van der Waals surface area contributed by atoms with E-state index in [1.807, 2.05) is 24.3 Å². The topological polar surface area (TPSA) is 43.2 Å². The fraction of sp³-hybridized carbons (Fsp3) is 0. The van der Waals surface area contributed by atoms with E-state index in [1.54, 1.807) is 24.3 Å². The Bertz CT molecular complexity index is 546. The Balaban J connectivity index is 2.04. The fourth-order valence-electron chi connectivity index (χ4n) is 1.49. The van der Waals surface area contributed by atoms with Crippen molar-refractivity contribution in [2.75, 3.05) is 0 Å². The molecule has 100 valence electrons. The first kappa shape index (κ1) is 13.5. The van der Waals surface area contributed by atoms with Gasteiger partial charge >= 0.3 is 0 Å². The molecule has 4 heteroatoms. The minimum Gasteiger partial charge on any atom is -0.466 e. The minimum atomic E-state index is 0.713. The van der Waals surface area contributed by atoms with Crippen LogP contribution in [-0.2, 0) is 0 Å². The van der Waals surface area contributed by atoms with Crippen molar-refractivity contribution in [2.24, 2.45) is 10.2 Å². The van der Waals surface area contributed by atoms with Gasteiger partial charge in [-0.15, -0.1) is 0 Å². The highest BCUT2D eigenvalue weighted by Crippen LogP contribution is 2.23. The van der Waals surface area contributed by atoms with Gasteiger partial charge in [0.2, 0.25) is 0 Å². The van der Waals surface area contributed by atoms with Crippen molar-refractivity contribution >= 4 is 11.4 Å². The molecule has 0 aliphatic carbocycles. The Labute approximate surface area is 117 Å². The molecule has 0 spiro atoms. The molecule has 0 unspecified atom stereocenters. The lowest BCUT2D eigenvalue weighted by atomic mass is 10.3. The number of nitrogens with zero attached hydrogens (tertiary/aromatic N) is 2. The molecule has 20 heavy (non-hydrogen) atoms. The molecule has 0 heterocycles. The number of hydrogen-bond donors (Lipinski definition) is 0. The highest BCUT2D eigenvalue weighted by atomic mass is 16.5. The van der Waals surface area contributed by atoms with Gasteiger partial charge < -0.3 is 9.47 Å². The summed E-state index contributed by atoms with van der Waals surface area (Å²) in [5, 5.41) is 8.27. The third kappa shape index (κ3) is 3.81. The Morgan fingerprint density at radius 2 is 1.00 bits per heavy atom. The third-order valence-corrected chi connectivity index (χ3v) is 2.39. The maximum atomic E-state index is 5.13. The van der Waals surface area contributed by atoms with Crippen LogP contribution in [0.25, 0.3) is 0 Å². The highest BCUT2D eigenvalue weighted by Gasteiger charge is 1.94. The van der Waals surface area contributed by atoms with Gasteiger partial charge in [0.25, 0.3) is 0 Å². The van der Waals surface area contributed by atoms with Crippen LogP contribution in [0.15, 0.2) is 84.4 Å². The van der Waals surface area contributed by atoms with Crippen molar-refractivity contribution in [3.05, 3.63) is 74.2 Å². The quantitative estimate of drug-likeness (QED) is 0.536. The summed E-state index contributed by atoms with van der Waals surface area (Å²) in [5.74, 6) is 1.43. The molecule has 0 aliphatic heterocycles. The Kier molecular flexibility index (Phi) is 4.67. The molecule has 0 fully saturated rings. The molecule has 0 bridgehead atoms. The monoisotopic (exact) mass is 266 g/mol. The summed E-state index contributed by atoms with van der Waals surface area (Å²) in [4.78, 5) is 0. The molecule has 0 atom stereocenters. The largest absolute Gasteiger partial charge is 0.466 e. The lowest BCUT2D eigenvalue weighted by Gasteiger charge is -2.00. The van der Waals surface area contributed by atoms with Crippen LogP contribution < -0.4 is 9.47 Å². The second-order valence-electron chi connectivity index (χ2n) is 3.76. The molecule has 0 amide bonds. The van der Waals surface area contributed by atoms with Crippen LogP contribution in [0.5, 0.6) is 11.5 Å². The van der Waals surface area contributed by atoms with Crippen LogP contribution in [0.4, 0.5) is 11.4 Å². The van der Waals surface area contributed by atoms with E-state index < -0.39 is 0 Å². The predicted molar refractivity (Wildman–Crippen MR) is 78.7 cm³/mol. The summed E-state index contributed by atoms with van der Waals surface area (Å²) in [6.45, 7) is 6.99. The second kappa shape index (κ2) is 6.89. The van der Waals surface area contributed by atoms with Crippen molar-refractivity contribution in [1.82, 2.24) is 0 Å². The van der Waals surface area contributed by atoms with E-state index in [4.69, 9.17) is 9.47 Å². The Hall–Kier alpha value is -2.88. The van der Waals surface area contributed by atoms with E-state index in [2.05, 4.69) is 23.4 Å². The summed E-state index contributed by atoms with van der Waals surface area (Å²) in [7, 11) is 0. The normalized spacial score (nSPS) is 10.2. The highest BCUT2D eigenvalue weighted by molar-refractivity contribution is 5.44. The van der Waals surface area contributed by atoms with Crippen LogP contribution in [0.2, 0.25) is 0 Å². The van der Waals surface area contributed by atoms with Crippen molar-refractivity contribution < 1.29 is 9.47 Å². The van der Waals surface area contributed by atoms with Gasteiger partial charge in [-0.2, -0.15) is 10.2 Å². The molecule has 0 saturated heterocycles. The van der Waals surface area contributed by atoms with Crippen LogP contribution in [0.1, 0.15) is 0 Å². The van der Waals surface area contributed by atoms with E-state index in [-0.39, 0.29) is 0 Å². The van der Waals surface area contributed by atoms with Crippen molar-refractivity contribution in [3.8, 4) is 11.5 Å². The minimum absolute atomic E-state index is 0.713. The summed E-state index contributed by atoms with van der Waals surface area (Å²) in [6.07, 6.45) is 2.76. The molecule has 0 aromatic heterocycles. The van der Waals surface area contributed by atoms with Crippen molar-refractivity contribution in [1.29, 1.82) is 0 Å². The fourth-order valence-corrected chi connectivity index (χ4v) is 1.49. The maximum Gasteiger partial charge on any atom is 0.126 e. The average molecular weight is 266 g/mol. The first-order valence-corrected chi connectivity index (χ1v) is 5.99. The molecule has 0 aliphatic rings. The summed E-state index contributed by atoms with van der Waals surface area (Å²) < 4.78 is 10.3. The molecule has 2 rings (SSSR count). The van der Waals surface area contributed by atoms with Gasteiger partial charge in [0.15, 0.2) is 0 Å². The van der Waals surface area contributed by atoms with Gasteiger partial charge in [0.1, 0.15) is 11.5 Å². The zero-order valence-corrected chi connectivity index (χ0v) is 10.9.